The van der Waals surface area contributed by atoms with Crippen LogP contribution in [0.15, 0.2) is 36.5 Å². The highest BCUT2D eigenvalue weighted by Crippen LogP contribution is 2.26. The van der Waals surface area contributed by atoms with Gasteiger partial charge in [0.15, 0.2) is 0 Å². The molecule has 1 aromatic heterocycles. The number of rotatable bonds is 2. The van der Waals surface area contributed by atoms with Gasteiger partial charge in [-0.25, -0.2) is 0 Å². The van der Waals surface area contributed by atoms with Crippen molar-refractivity contribution in [3.63, 3.8) is 0 Å². The number of carboxylic acid groups (broad SMARTS) is 1. The number of aromatic nitrogens is 1. The van der Waals surface area contributed by atoms with Gasteiger partial charge in [-0.15, -0.1) is 0 Å². The molecule has 2 aromatic rings. The van der Waals surface area contributed by atoms with Crippen LogP contribution >= 0.6 is 0 Å². The zero-order chi connectivity index (χ0) is 15.0. The Hall–Kier alpha value is -2.43. The van der Waals surface area contributed by atoms with Crippen molar-refractivity contribution in [2.24, 2.45) is 11.8 Å². The van der Waals surface area contributed by atoms with Crippen molar-refractivity contribution in [2.75, 3.05) is 13.1 Å². The Morgan fingerprint density at radius 2 is 2.05 bits per heavy atom. The minimum Gasteiger partial charge on any atom is -0.481 e. The second kappa shape index (κ2) is 5.16. The molecule has 0 saturated carbocycles. The first-order chi connectivity index (χ1) is 10.1. The Labute approximate surface area is 122 Å². The van der Waals surface area contributed by atoms with Gasteiger partial charge in [-0.1, -0.05) is 19.1 Å². The molecule has 5 nitrogen and oxygen atoms in total. The lowest BCUT2D eigenvalue weighted by molar-refractivity contribution is -0.142. The smallest absolute Gasteiger partial charge is 0.308 e. The first-order valence-corrected chi connectivity index (χ1v) is 6.93. The summed E-state index contributed by atoms with van der Waals surface area (Å²) >= 11 is 0. The van der Waals surface area contributed by atoms with Gasteiger partial charge < -0.3 is 10.0 Å². The number of fused-ring (bicyclic) bond motifs is 1. The standard InChI is InChI=1S/C16H16N2O3/c1-10-8-18(9-13(10)16(20)21)15(19)12-4-2-6-14-11(12)5-3-7-17-14/h2-7,10,13H,8-9H2,1H3,(H,20,21). The molecule has 0 spiro atoms. The molecule has 0 bridgehead atoms. The summed E-state index contributed by atoms with van der Waals surface area (Å²) in [6, 6.07) is 9.09. The molecule has 21 heavy (non-hydrogen) atoms. The molecule has 108 valence electrons. The molecule has 1 N–H and O–H groups in total. The number of pyridine rings is 1. The van der Waals surface area contributed by atoms with Crippen molar-refractivity contribution in [1.29, 1.82) is 0 Å². The summed E-state index contributed by atoms with van der Waals surface area (Å²) < 4.78 is 0. The SMILES string of the molecule is CC1CN(C(=O)c2cccc3ncccc23)CC1C(=O)O. The summed E-state index contributed by atoms with van der Waals surface area (Å²) in [5.41, 5.74) is 1.35. The maximum Gasteiger partial charge on any atom is 0.308 e. The van der Waals surface area contributed by atoms with Gasteiger partial charge in [0, 0.05) is 30.2 Å². The Morgan fingerprint density at radius 1 is 1.24 bits per heavy atom. The lowest BCUT2D eigenvalue weighted by atomic mass is 9.99. The number of likely N-dealkylation sites (tertiary alicyclic amines) is 1. The van der Waals surface area contributed by atoms with E-state index < -0.39 is 11.9 Å². The number of carbonyl (C=O) groups is 2. The Kier molecular flexibility index (Phi) is 3.33. The average Bonchev–Trinajstić information content (AvgIpc) is 2.88. The topological polar surface area (TPSA) is 70.5 Å². The molecule has 5 heteroatoms. The monoisotopic (exact) mass is 284 g/mol. The lowest BCUT2D eigenvalue weighted by Crippen LogP contribution is -2.30. The number of aliphatic carboxylic acids is 1. The molecule has 2 unspecified atom stereocenters. The van der Waals surface area contributed by atoms with Gasteiger partial charge in [0.2, 0.25) is 0 Å². The zero-order valence-electron chi connectivity index (χ0n) is 11.7. The van der Waals surface area contributed by atoms with Crippen LogP contribution in [0.25, 0.3) is 10.9 Å². The minimum absolute atomic E-state index is 0.0282. The predicted molar refractivity (Wildman–Crippen MR) is 77.9 cm³/mol. The number of hydrogen-bond acceptors (Lipinski definition) is 3. The van der Waals surface area contributed by atoms with Gasteiger partial charge in [-0.05, 0) is 24.1 Å². The van der Waals surface area contributed by atoms with Gasteiger partial charge >= 0.3 is 5.97 Å². The number of hydrogen-bond donors (Lipinski definition) is 1. The molecular weight excluding hydrogens is 268 g/mol. The summed E-state index contributed by atoms with van der Waals surface area (Å²) in [7, 11) is 0. The van der Waals surface area contributed by atoms with Gasteiger partial charge in [0.05, 0.1) is 11.4 Å². The highest BCUT2D eigenvalue weighted by atomic mass is 16.4. The summed E-state index contributed by atoms with van der Waals surface area (Å²) in [5.74, 6) is -1.47. The highest BCUT2D eigenvalue weighted by Gasteiger charge is 2.37. The number of carboxylic acids is 1. The van der Waals surface area contributed by atoms with E-state index in [0.29, 0.717) is 12.1 Å². The van der Waals surface area contributed by atoms with Crippen molar-refractivity contribution in [2.45, 2.75) is 6.92 Å². The second-order valence-corrected chi connectivity index (χ2v) is 5.51. The minimum atomic E-state index is -0.836. The second-order valence-electron chi connectivity index (χ2n) is 5.51. The fraction of sp³-hybridized carbons (Fsp3) is 0.312. The van der Waals surface area contributed by atoms with Gasteiger partial charge in [-0.2, -0.15) is 0 Å². The van der Waals surface area contributed by atoms with Crippen LogP contribution in [-0.2, 0) is 4.79 Å². The fourth-order valence-corrected chi connectivity index (χ4v) is 2.91. The van der Waals surface area contributed by atoms with Crippen molar-refractivity contribution < 1.29 is 14.7 Å². The van der Waals surface area contributed by atoms with Crippen molar-refractivity contribution in [3.8, 4) is 0 Å². The maximum atomic E-state index is 12.7. The molecule has 0 radical (unpaired) electrons. The van der Waals surface area contributed by atoms with E-state index in [9.17, 15) is 14.7 Å². The summed E-state index contributed by atoms with van der Waals surface area (Å²) in [6.07, 6.45) is 1.69. The van der Waals surface area contributed by atoms with Crippen LogP contribution in [0, 0.1) is 11.8 Å². The molecular formula is C16H16N2O3. The Balaban J connectivity index is 1.93. The maximum absolute atomic E-state index is 12.7. The third kappa shape index (κ3) is 2.35. The zero-order valence-corrected chi connectivity index (χ0v) is 11.7. The quantitative estimate of drug-likeness (QED) is 0.916. The van der Waals surface area contributed by atoms with Gasteiger partial charge in [-0.3, -0.25) is 14.6 Å². The van der Waals surface area contributed by atoms with Crippen LogP contribution in [0.2, 0.25) is 0 Å². The Morgan fingerprint density at radius 3 is 2.76 bits per heavy atom. The van der Waals surface area contributed by atoms with E-state index >= 15 is 0 Å². The molecule has 2 heterocycles. The first-order valence-electron chi connectivity index (χ1n) is 6.93. The van der Waals surface area contributed by atoms with E-state index in [0.717, 1.165) is 10.9 Å². The van der Waals surface area contributed by atoms with Crippen LogP contribution in [0.3, 0.4) is 0 Å². The molecule has 1 amide bonds. The summed E-state index contributed by atoms with van der Waals surface area (Å²) in [4.78, 5) is 29.7. The van der Waals surface area contributed by atoms with Crippen LogP contribution in [0.5, 0.6) is 0 Å². The van der Waals surface area contributed by atoms with E-state index in [2.05, 4.69) is 4.98 Å². The van der Waals surface area contributed by atoms with Crippen molar-refractivity contribution in [1.82, 2.24) is 9.88 Å². The third-order valence-corrected chi connectivity index (χ3v) is 4.09. The van der Waals surface area contributed by atoms with Crippen LogP contribution < -0.4 is 0 Å². The molecule has 1 fully saturated rings. The number of benzene rings is 1. The average molecular weight is 284 g/mol. The summed E-state index contributed by atoms with van der Waals surface area (Å²) in [5, 5.41) is 9.98. The predicted octanol–water partition coefficient (Wildman–Crippen LogP) is 2.03. The molecule has 1 aromatic carbocycles. The molecule has 2 atom stereocenters. The van der Waals surface area contributed by atoms with E-state index in [1.54, 1.807) is 29.3 Å². The van der Waals surface area contributed by atoms with Crippen molar-refractivity contribution in [3.05, 3.63) is 42.1 Å². The highest BCUT2D eigenvalue weighted by molar-refractivity contribution is 6.06. The van der Waals surface area contributed by atoms with Gasteiger partial charge in [0.1, 0.15) is 0 Å². The van der Waals surface area contributed by atoms with E-state index in [-0.39, 0.29) is 18.4 Å². The van der Waals surface area contributed by atoms with Gasteiger partial charge in [0.25, 0.3) is 5.91 Å². The molecule has 1 aliphatic heterocycles. The Bertz CT molecular complexity index is 708. The van der Waals surface area contributed by atoms with Crippen LogP contribution in [0.4, 0.5) is 0 Å². The summed E-state index contributed by atoms with van der Waals surface area (Å²) in [6.45, 7) is 2.62. The van der Waals surface area contributed by atoms with E-state index in [1.807, 2.05) is 19.1 Å². The van der Waals surface area contributed by atoms with E-state index in [1.165, 1.54) is 0 Å². The molecule has 3 rings (SSSR count). The third-order valence-electron chi connectivity index (χ3n) is 4.09. The van der Waals surface area contributed by atoms with Crippen LogP contribution in [0.1, 0.15) is 17.3 Å². The number of amides is 1. The molecule has 0 aliphatic carbocycles. The fourth-order valence-electron chi connectivity index (χ4n) is 2.91. The normalized spacial score (nSPS) is 21.7. The van der Waals surface area contributed by atoms with Crippen molar-refractivity contribution >= 4 is 22.8 Å². The first kappa shape index (κ1) is 13.5. The number of nitrogens with zero attached hydrogens (tertiary/aromatic N) is 2. The lowest BCUT2D eigenvalue weighted by Gasteiger charge is -2.17. The largest absolute Gasteiger partial charge is 0.481 e. The van der Waals surface area contributed by atoms with E-state index in [4.69, 9.17) is 0 Å². The molecule has 1 aliphatic rings. The number of carbonyl (C=O) groups excluding carboxylic acids is 1. The molecule has 1 saturated heterocycles. The van der Waals surface area contributed by atoms with Crippen LogP contribution in [-0.4, -0.2) is 40.0 Å².